The van der Waals surface area contributed by atoms with Crippen molar-refractivity contribution in [1.29, 1.82) is 0 Å². The second-order valence-corrected chi connectivity index (χ2v) is 8.55. The summed E-state index contributed by atoms with van der Waals surface area (Å²) in [5.74, 6) is 0. The highest BCUT2D eigenvalue weighted by Gasteiger charge is 2.83. The van der Waals surface area contributed by atoms with Crippen molar-refractivity contribution in [3.05, 3.63) is 0 Å². The molecule has 0 aromatic heterocycles. The Morgan fingerprint density at radius 2 is 2.08 bits per heavy atom. The van der Waals surface area contributed by atoms with E-state index in [4.69, 9.17) is 12.6 Å². The van der Waals surface area contributed by atoms with Crippen LogP contribution in [0.15, 0.2) is 0 Å². The molecule has 0 bridgehead atoms. The summed E-state index contributed by atoms with van der Waals surface area (Å²) in [6.45, 7) is 0. The third-order valence-corrected chi connectivity index (χ3v) is 6.77. The van der Waals surface area contributed by atoms with Gasteiger partial charge in [-0.2, -0.15) is 0 Å². The van der Waals surface area contributed by atoms with E-state index in [0.717, 1.165) is 6.42 Å². The summed E-state index contributed by atoms with van der Waals surface area (Å²) in [6, 6.07) is -0.182. The molecule has 0 spiro atoms. The van der Waals surface area contributed by atoms with Gasteiger partial charge in [0.1, 0.15) is 13.5 Å². The molecule has 0 aromatic rings. The summed E-state index contributed by atoms with van der Waals surface area (Å²) >= 11 is 4.58. The third-order valence-electron chi connectivity index (χ3n) is 3.47. The van der Waals surface area contributed by atoms with Crippen LogP contribution in [-0.2, 0) is 4.74 Å². The Balaban J connectivity index is 1.99. The summed E-state index contributed by atoms with van der Waals surface area (Å²) < 4.78 is 19.4. The monoisotopic (exact) mass is 404 g/mol. The number of hydrogen-bond donors (Lipinski definition) is 0. The van der Waals surface area contributed by atoms with E-state index in [1.165, 1.54) is 0 Å². The van der Waals surface area contributed by atoms with E-state index in [1.807, 2.05) is 0 Å². The molecule has 0 unspecified atom stereocenters. The smallest absolute Gasteiger partial charge is 0.131 e. The highest BCUT2D eigenvalue weighted by atomic mass is 127. The van der Waals surface area contributed by atoms with Gasteiger partial charge in [0.25, 0.3) is 0 Å². The second-order valence-electron chi connectivity index (χ2n) is 4.47. The number of halogens is 3. The Hall–Kier alpha value is 1.41. The number of fused-ring (bicyclic) bond motifs is 3. The maximum absolute atomic E-state index is 14.0. The molecule has 0 N–H and O–H groups in total. The molecule has 5 heteroatoms. The van der Waals surface area contributed by atoms with Crippen LogP contribution < -0.4 is 0 Å². The molecule has 3 fully saturated rings. The lowest BCUT2D eigenvalue weighted by atomic mass is 9.89. The third kappa shape index (κ3) is 1.02. The van der Waals surface area contributed by atoms with Crippen LogP contribution in [0.25, 0.3) is 0 Å². The molecule has 1 aliphatic heterocycles. The Morgan fingerprint density at radius 1 is 1.38 bits per heavy atom. The molecule has 1 saturated heterocycles. The fourth-order valence-corrected chi connectivity index (χ4v) is 6.69. The van der Waals surface area contributed by atoms with Gasteiger partial charge < -0.3 is 4.74 Å². The van der Waals surface area contributed by atoms with Gasteiger partial charge in [-0.25, -0.2) is 4.39 Å². The van der Waals surface area contributed by atoms with Crippen molar-refractivity contribution < 1.29 is 9.13 Å². The van der Waals surface area contributed by atoms with E-state index in [9.17, 15) is 4.39 Å². The van der Waals surface area contributed by atoms with Crippen LogP contribution >= 0.6 is 45.2 Å². The molecule has 3 rings (SSSR count). The van der Waals surface area contributed by atoms with Crippen LogP contribution in [0.4, 0.5) is 4.39 Å². The standard InChI is InChI=1S/C8H8BFI2O/c9-4-1-6(11)2-7(10)3-8(7,12)5(6)13-4/h4-5H,1-3H2/t4-,5+,6-,7+,8+/m1/s1. The highest BCUT2D eigenvalue weighted by molar-refractivity contribution is 14.1. The molecular formula is C8H8BFI2O. The summed E-state index contributed by atoms with van der Waals surface area (Å²) in [6.07, 6.45) is 2.11. The van der Waals surface area contributed by atoms with Crippen molar-refractivity contribution in [1.82, 2.24) is 0 Å². The van der Waals surface area contributed by atoms with E-state index in [1.54, 1.807) is 0 Å². The van der Waals surface area contributed by atoms with Gasteiger partial charge in [0, 0.05) is 18.8 Å². The van der Waals surface area contributed by atoms with Crippen LogP contribution in [0.5, 0.6) is 0 Å². The predicted molar refractivity (Wildman–Crippen MR) is 65.6 cm³/mol. The van der Waals surface area contributed by atoms with Crippen LogP contribution in [0, 0.1) is 0 Å². The molecule has 1 heterocycles. The van der Waals surface area contributed by atoms with Gasteiger partial charge in [-0.15, -0.1) is 0 Å². The van der Waals surface area contributed by atoms with Crippen molar-refractivity contribution in [3.8, 4) is 0 Å². The van der Waals surface area contributed by atoms with Gasteiger partial charge in [-0.05, 0) is 6.42 Å². The van der Waals surface area contributed by atoms with E-state index in [-0.39, 0.29) is 19.0 Å². The number of ether oxygens (including phenoxy) is 1. The topological polar surface area (TPSA) is 9.23 Å². The largest absolute Gasteiger partial charge is 0.382 e. The zero-order valence-electron chi connectivity index (χ0n) is 6.90. The van der Waals surface area contributed by atoms with E-state index in [0.29, 0.717) is 12.8 Å². The minimum atomic E-state index is -0.959. The molecule has 2 saturated carbocycles. The van der Waals surface area contributed by atoms with Crippen molar-refractivity contribution >= 4 is 53.0 Å². The molecule has 0 aromatic carbocycles. The lowest BCUT2D eigenvalue weighted by Crippen LogP contribution is -2.34. The zero-order valence-corrected chi connectivity index (χ0v) is 11.2. The summed E-state index contributed by atoms with van der Waals surface area (Å²) in [5.41, 5.74) is -0.959. The first-order valence-electron chi connectivity index (χ1n) is 4.38. The lowest BCUT2D eigenvalue weighted by Gasteiger charge is -2.24. The van der Waals surface area contributed by atoms with Gasteiger partial charge in [0.2, 0.25) is 0 Å². The van der Waals surface area contributed by atoms with Crippen LogP contribution in [-0.4, -0.2) is 32.5 Å². The molecule has 13 heavy (non-hydrogen) atoms. The molecule has 0 amide bonds. The SMILES string of the molecule is [B][C@H]1C[C@@]2(I)C[C@]3(F)C[C@]3(I)[C@H]2O1. The minimum Gasteiger partial charge on any atom is -0.382 e. The van der Waals surface area contributed by atoms with Crippen LogP contribution in [0.2, 0.25) is 0 Å². The normalized spacial score (nSPS) is 69.2. The van der Waals surface area contributed by atoms with Gasteiger partial charge in [0.05, 0.1) is 12.9 Å². The van der Waals surface area contributed by atoms with E-state index >= 15 is 0 Å². The first-order valence-corrected chi connectivity index (χ1v) is 6.53. The van der Waals surface area contributed by atoms with Gasteiger partial charge >= 0.3 is 0 Å². The highest BCUT2D eigenvalue weighted by Crippen LogP contribution is 2.75. The quantitative estimate of drug-likeness (QED) is 0.342. The van der Waals surface area contributed by atoms with Crippen molar-refractivity contribution in [3.63, 3.8) is 0 Å². The first kappa shape index (κ1) is 9.63. The van der Waals surface area contributed by atoms with Crippen LogP contribution in [0.3, 0.4) is 0 Å². The lowest BCUT2D eigenvalue weighted by molar-refractivity contribution is 0.0823. The second kappa shape index (κ2) is 2.39. The Kier molecular flexibility index (Phi) is 1.77. The molecule has 2 radical (unpaired) electrons. The zero-order chi connectivity index (χ0) is 9.48. The molecule has 70 valence electrons. The minimum absolute atomic E-state index is 0.0289. The molecular weight excluding hydrogens is 396 g/mol. The van der Waals surface area contributed by atoms with Crippen molar-refractivity contribution in [2.24, 2.45) is 0 Å². The maximum Gasteiger partial charge on any atom is 0.131 e. The average Bonchev–Trinajstić information content (AvgIpc) is 2.27. The van der Waals surface area contributed by atoms with E-state index in [2.05, 4.69) is 45.2 Å². The van der Waals surface area contributed by atoms with Crippen LogP contribution in [0.1, 0.15) is 19.3 Å². The summed E-state index contributed by atoms with van der Waals surface area (Å²) in [7, 11) is 5.74. The fraction of sp³-hybridized carbons (Fsp3) is 1.00. The Bertz CT molecular complexity index is 291. The van der Waals surface area contributed by atoms with Crippen molar-refractivity contribution in [2.75, 3.05) is 0 Å². The van der Waals surface area contributed by atoms with Gasteiger partial charge in [-0.1, -0.05) is 45.2 Å². The number of rotatable bonds is 0. The average molecular weight is 404 g/mol. The first-order chi connectivity index (χ1) is 5.90. The maximum atomic E-state index is 14.0. The number of alkyl halides is 3. The predicted octanol–water partition coefficient (Wildman–Crippen LogP) is 2.13. The Labute approximate surface area is 105 Å². The van der Waals surface area contributed by atoms with Gasteiger partial charge in [0.15, 0.2) is 0 Å². The number of hydrogen-bond acceptors (Lipinski definition) is 1. The van der Waals surface area contributed by atoms with E-state index < -0.39 is 5.67 Å². The fourth-order valence-electron chi connectivity index (χ4n) is 2.84. The van der Waals surface area contributed by atoms with Crippen molar-refractivity contribution in [2.45, 2.75) is 43.9 Å². The molecule has 3 aliphatic rings. The Morgan fingerprint density at radius 3 is 2.69 bits per heavy atom. The molecule has 2 aliphatic carbocycles. The molecule has 5 atom stereocenters. The molecule has 1 nitrogen and oxygen atoms in total. The summed E-state index contributed by atoms with van der Waals surface area (Å²) in [5, 5.41) is 0. The summed E-state index contributed by atoms with van der Waals surface area (Å²) in [4.78, 5) is 0. The van der Waals surface area contributed by atoms with Gasteiger partial charge in [-0.3, -0.25) is 0 Å².